The molecule has 2 amide bonds. The lowest BCUT2D eigenvalue weighted by atomic mass is 10.2. The maximum absolute atomic E-state index is 12.8. The number of rotatable bonds is 9. The van der Waals surface area contributed by atoms with Gasteiger partial charge in [-0.15, -0.1) is 11.8 Å². The molecule has 0 bridgehead atoms. The van der Waals surface area contributed by atoms with Gasteiger partial charge in [0.15, 0.2) is 0 Å². The van der Waals surface area contributed by atoms with Gasteiger partial charge in [0.05, 0.1) is 37.3 Å². The predicted octanol–water partition coefficient (Wildman–Crippen LogP) is 5.74. The average Bonchev–Trinajstić information content (AvgIpc) is 2.84. The van der Waals surface area contributed by atoms with E-state index in [0.29, 0.717) is 39.2 Å². The van der Waals surface area contributed by atoms with Crippen LogP contribution in [0.15, 0.2) is 65.6 Å². The lowest BCUT2D eigenvalue weighted by molar-refractivity contribution is -0.115. The summed E-state index contributed by atoms with van der Waals surface area (Å²) >= 11 is 7.55. The van der Waals surface area contributed by atoms with Crippen molar-refractivity contribution in [2.24, 2.45) is 0 Å². The van der Waals surface area contributed by atoms with Gasteiger partial charge in [-0.25, -0.2) is 0 Å². The summed E-state index contributed by atoms with van der Waals surface area (Å²) in [5.41, 5.74) is 1.59. The third-order valence-corrected chi connectivity index (χ3v) is 6.25. The molecule has 1 atom stereocenters. The maximum atomic E-state index is 12.8. The third-order valence-electron chi connectivity index (χ3n) is 4.86. The molecule has 0 saturated heterocycles. The summed E-state index contributed by atoms with van der Waals surface area (Å²) in [6.45, 7) is 1.79. The quantitative estimate of drug-likeness (QED) is 0.364. The highest BCUT2D eigenvalue weighted by molar-refractivity contribution is 8.00. The molecule has 3 aromatic carbocycles. The van der Waals surface area contributed by atoms with Gasteiger partial charge in [0.2, 0.25) is 5.91 Å². The van der Waals surface area contributed by atoms with Gasteiger partial charge in [-0.1, -0.05) is 17.7 Å². The van der Waals surface area contributed by atoms with Crippen LogP contribution in [0.25, 0.3) is 0 Å². The average molecular weight is 501 g/mol. The minimum absolute atomic E-state index is 0.225. The number of halogens is 1. The second-order valence-corrected chi connectivity index (χ2v) is 8.97. The number of hydrogen-bond donors (Lipinski definition) is 2. The van der Waals surface area contributed by atoms with Crippen molar-refractivity contribution < 1.29 is 23.8 Å². The third kappa shape index (κ3) is 6.36. The fraction of sp³-hybridized carbons (Fsp3) is 0.200. The van der Waals surface area contributed by atoms with Crippen molar-refractivity contribution in [3.63, 3.8) is 0 Å². The van der Waals surface area contributed by atoms with E-state index in [1.165, 1.54) is 26.0 Å². The van der Waals surface area contributed by atoms with E-state index in [2.05, 4.69) is 10.6 Å². The van der Waals surface area contributed by atoms with Crippen LogP contribution < -0.4 is 24.8 Å². The van der Waals surface area contributed by atoms with E-state index in [4.69, 9.17) is 25.8 Å². The molecule has 0 spiro atoms. The van der Waals surface area contributed by atoms with Crippen molar-refractivity contribution in [2.45, 2.75) is 17.1 Å². The molecule has 0 aliphatic carbocycles. The van der Waals surface area contributed by atoms with Gasteiger partial charge in [0.1, 0.15) is 17.2 Å². The molecule has 3 rings (SSSR count). The smallest absolute Gasteiger partial charge is 0.255 e. The zero-order valence-corrected chi connectivity index (χ0v) is 20.8. The minimum Gasteiger partial charge on any atom is -0.497 e. The fourth-order valence-electron chi connectivity index (χ4n) is 3.04. The molecule has 0 aliphatic heterocycles. The molecule has 0 fully saturated rings. The number of carbonyl (C=O) groups is 2. The molecule has 2 N–H and O–H groups in total. The van der Waals surface area contributed by atoms with Gasteiger partial charge < -0.3 is 24.8 Å². The zero-order chi connectivity index (χ0) is 24.7. The molecule has 34 heavy (non-hydrogen) atoms. The number of thioether (sulfide) groups is 1. The van der Waals surface area contributed by atoms with Gasteiger partial charge in [0, 0.05) is 22.2 Å². The molecule has 178 valence electrons. The molecule has 0 heterocycles. The number of carbonyl (C=O) groups excluding carboxylic acids is 2. The van der Waals surface area contributed by atoms with Crippen molar-refractivity contribution in [1.82, 2.24) is 0 Å². The van der Waals surface area contributed by atoms with Crippen LogP contribution in [-0.2, 0) is 4.79 Å². The van der Waals surface area contributed by atoms with Crippen LogP contribution in [-0.4, -0.2) is 38.4 Å². The Kier molecular flexibility index (Phi) is 8.67. The molecule has 0 aliphatic rings. The molecule has 0 saturated carbocycles. The minimum atomic E-state index is -0.432. The van der Waals surface area contributed by atoms with Crippen LogP contribution in [0, 0.1) is 0 Å². The van der Waals surface area contributed by atoms with Crippen molar-refractivity contribution in [2.75, 3.05) is 32.0 Å². The molecule has 9 heteroatoms. The van der Waals surface area contributed by atoms with Crippen LogP contribution in [0.4, 0.5) is 11.4 Å². The van der Waals surface area contributed by atoms with Crippen LogP contribution in [0.5, 0.6) is 17.2 Å². The van der Waals surface area contributed by atoms with E-state index < -0.39 is 5.25 Å². The van der Waals surface area contributed by atoms with Crippen LogP contribution in [0.3, 0.4) is 0 Å². The summed E-state index contributed by atoms with van der Waals surface area (Å²) in [7, 11) is 4.58. The topological polar surface area (TPSA) is 85.9 Å². The van der Waals surface area contributed by atoms with Gasteiger partial charge in [0.25, 0.3) is 5.91 Å². The lowest BCUT2D eigenvalue weighted by Crippen LogP contribution is -2.22. The highest BCUT2D eigenvalue weighted by Crippen LogP contribution is 2.36. The summed E-state index contributed by atoms with van der Waals surface area (Å²) in [4.78, 5) is 26.2. The standard InChI is InChI=1S/C25H25ClN2O5S/c1-15(24(29)28-21-13-20(26)22(32-3)14-23(21)33-4)34-19-7-5-6-17(12-19)27-25(30)16-8-10-18(31-2)11-9-16/h5-15H,1-4H3,(H,27,30)(H,28,29). The molecular weight excluding hydrogens is 476 g/mol. The number of nitrogens with one attached hydrogen (secondary N) is 2. The first-order chi connectivity index (χ1) is 16.3. The Bertz CT molecular complexity index is 1170. The number of anilines is 2. The van der Waals surface area contributed by atoms with Gasteiger partial charge >= 0.3 is 0 Å². The van der Waals surface area contributed by atoms with E-state index >= 15 is 0 Å². The predicted molar refractivity (Wildman–Crippen MR) is 136 cm³/mol. The Morgan fingerprint density at radius 3 is 2.24 bits per heavy atom. The summed E-state index contributed by atoms with van der Waals surface area (Å²) < 4.78 is 15.6. The Morgan fingerprint density at radius 2 is 1.59 bits per heavy atom. The van der Waals surface area contributed by atoms with E-state index in [-0.39, 0.29) is 11.8 Å². The second-order valence-electron chi connectivity index (χ2n) is 7.15. The Balaban J connectivity index is 1.65. The van der Waals surface area contributed by atoms with Crippen molar-refractivity contribution in [3.05, 3.63) is 71.2 Å². The van der Waals surface area contributed by atoms with E-state index in [0.717, 1.165) is 4.90 Å². The highest BCUT2D eigenvalue weighted by atomic mass is 35.5. The van der Waals surface area contributed by atoms with E-state index in [9.17, 15) is 9.59 Å². The summed E-state index contributed by atoms with van der Waals surface area (Å²) in [6.07, 6.45) is 0. The first-order valence-electron chi connectivity index (χ1n) is 10.3. The number of ether oxygens (including phenoxy) is 3. The Morgan fingerprint density at radius 1 is 0.882 bits per heavy atom. The largest absolute Gasteiger partial charge is 0.497 e. The molecule has 7 nitrogen and oxygen atoms in total. The van der Waals surface area contributed by atoms with E-state index in [1.54, 1.807) is 56.5 Å². The van der Waals surface area contributed by atoms with Crippen molar-refractivity contribution in [1.29, 1.82) is 0 Å². The Hall–Kier alpha value is -3.36. The summed E-state index contributed by atoms with van der Waals surface area (Å²) in [5.74, 6) is 1.11. The van der Waals surface area contributed by atoms with Gasteiger partial charge in [-0.05, 0) is 55.5 Å². The monoisotopic (exact) mass is 500 g/mol. The van der Waals surface area contributed by atoms with Gasteiger partial charge in [-0.2, -0.15) is 0 Å². The molecule has 0 aromatic heterocycles. The van der Waals surface area contributed by atoms with E-state index in [1.807, 2.05) is 18.2 Å². The number of benzene rings is 3. The molecule has 0 radical (unpaired) electrons. The van der Waals surface area contributed by atoms with Crippen molar-refractivity contribution >= 4 is 46.6 Å². The maximum Gasteiger partial charge on any atom is 0.255 e. The number of amides is 2. The first-order valence-corrected chi connectivity index (χ1v) is 11.5. The van der Waals surface area contributed by atoms with Crippen LogP contribution in [0.1, 0.15) is 17.3 Å². The molecule has 1 unspecified atom stereocenters. The first kappa shape index (κ1) is 25.3. The second kappa shape index (κ2) is 11.7. The normalized spacial score (nSPS) is 11.3. The SMILES string of the molecule is COc1ccc(C(=O)Nc2cccc(SC(C)C(=O)Nc3cc(Cl)c(OC)cc3OC)c2)cc1. The Labute approximate surface area is 207 Å². The number of methoxy groups -OCH3 is 3. The molecule has 3 aromatic rings. The summed E-state index contributed by atoms with van der Waals surface area (Å²) in [5, 5.41) is 5.65. The number of hydrogen-bond acceptors (Lipinski definition) is 6. The van der Waals surface area contributed by atoms with Crippen LogP contribution >= 0.6 is 23.4 Å². The van der Waals surface area contributed by atoms with Gasteiger partial charge in [-0.3, -0.25) is 9.59 Å². The fourth-order valence-corrected chi connectivity index (χ4v) is 4.21. The highest BCUT2D eigenvalue weighted by Gasteiger charge is 2.18. The summed E-state index contributed by atoms with van der Waals surface area (Å²) in [6, 6.07) is 17.4. The zero-order valence-electron chi connectivity index (χ0n) is 19.2. The van der Waals surface area contributed by atoms with Crippen molar-refractivity contribution in [3.8, 4) is 17.2 Å². The lowest BCUT2D eigenvalue weighted by Gasteiger charge is -2.16. The van der Waals surface area contributed by atoms with Crippen LogP contribution in [0.2, 0.25) is 5.02 Å². The molecular formula is C25H25ClN2O5S.